The van der Waals surface area contributed by atoms with Gasteiger partial charge in [-0.1, -0.05) is 51.9 Å². The fourth-order valence-corrected chi connectivity index (χ4v) is 3.93. The maximum atomic E-state index is 11.6. The maximum absolute atomic E-state index is 11.6. The molecule has 0 radical (unpaired) electrons. The summed E-state index contributed by atoms with van der Waals surface area (Å²) < 4.78 is 17.1. The van der Waals surface area contributed by atoms with Crippen molar-refractivity contribution < 1.29 is 19.0 Å². The maximum Gasteiger partial charge on any atom is 0.308 e. The van der Waals surface area contributed by atoms with E-state index in [4.69, 9.17) is 14.2 Å². The number of rotatable bonds is 9. The normalized spacial score (nSPS) is 30.4. The number of hydrogen-bond acceptors (Lipinski definition) is 4. The summed E-state index contributed by atoms with van der Waals surface area (Å²) in [5, 5.41) is 0. The minimum absolute atomic E-state index is 0.0262. The van der Waals surface area contributed by atoms with Gasteiger partial charge in [-0.25, -0.2) is 0 Å². The average Bonchev–Trinajstić information content (AvgIpc) is 2.62. The average molecular weight is 341 g/mol. The number of carbonyl (C=O) groups excluding carboxylic acids is 1. The third-order valence-electron chi connectivity index (χ3n) is 5.66. The zero-order valence-corrected chi connectivity index (χ0v) is 15.7. The highest BCUT2D eigenvalue weighted by molar-refractivity contribution is 5.72. The molecule has 1 saturated heterocycles. The lowest BCUT2D eigenvalue weighted by atomic mass is 9.84. The van der Waals surface area contributed by atoms with E-state index in [-0.39, 0.29) is 11.9 Å². The standard InChI is InChI=1S/C20H36O4/c1-3-4-5-6-7-8-9-10-17-15-23-20(24-16-17)13-11-18(12-14-20)19(21)22-2/h17-18H,3-16H2,1-2H3. The first-order valence-corrected chi connectivity index (χ1v) is 10.0. The van der Waals surface area contributed by atoms with Crippen LogP contribution in [0.1, 0.15) is 84.0 Å². The molecule has 0 bridgehead atoms. The van der Waals surface area contributed by atoms with Gasteiger partial charge < -0.3 is 14.2 Å². The van der Waals surface area contributed by atoms with Crippen molar-refractivity contribution in [2.24, 2.45) is 11.8 Å². The van der Waals surface area contributed by atoms with Gasteiger partial charge in [-0.3, -0.25) is 4.79 Å². The van der Waals surface area contributed by atoms with Gasteiger partial charge in [0.2, 0.25) is 0 Å². The van der Waals surface area contributed by atoms with Gasteiger partial charge in [0, 0.05) is 18.8 Å². The quantitative estimate of drug-likeness (QED) is 0.444. The first kappa shape index (κ1) is 19.7. The van der Waals surface area contributed by atoms with E-state index in [9.17, 15) is 4.79 Å². The number of ether oxygens (including phenoxy) is 3. The Balaban J connectivity index is 1.56. The van der Waals surface area contributed by atoms with Crippen LogP contribution in [0, 0.1) is 11.8 Å². The second-order valence-electron chi connectivity index (χ2n) is 7.61. The number of esters is 1. The molecule has 0 aromatic carbocycles. The summed E-state index contributed by atoms with van der Waals surface area (Å²) in [6.07, 6.45) is 14.0. The molecule has 2 aliphatic rings. The molecule has 1 aliphatic heterocycles. The minimum Gasteiger partial charge on any atom is -0.469 e. The van der Waals surface area contributed by atoms with Gasteiger partial charge in [-0.05, 0) is 19.3 Å². The van der Waals surface area contributed by atoms with Gasteiger partial charge in [0.05, 0.1) is 26.2 Å². The fourth-order valence-electron chi connectivity index (χ4n) is 3.93. The van der Waals surface area contributed by atoms with Crippen molar-refractivity contribution in [1.82, 2.24) is 0 Å². The lowest BCUT2D eigenvalue weighted by molar-refractivity contribution is -0.298. The number of unbranched alkanes of at least 4 members (excludes halogenated alkanes) is 6. The van der Waals surface area contributed by atoms with Crippen molar-refractivity contribution in [2.75, 3.05) is 20.3 Å². The highest BCUT2D eigenvalue weighted by Crippen LogP contribution is 2.39. The van der Waals surface area contributed by atoms with Crippen molar-refractivity contribution in [3.05, 3.63) is 0 Å². The molecule has 1 aliphatic carbocycles. The first-order valence-electron chi connectivity index (χ1n) is 10.0. The van der Waals surface area contributed by atoms with E-state index in [0.717, 1.165) is 38.9 Å². The van der Waals surface area contributed by atoms with Crippen LogP contribution in [-0.4, -0.2) is 32.1 Å². The summed E-state index contributed by atoms with van der Waals surface area (Å²) >= 11 is 0. The van der Waals surface area contributed by atoms with E-state index in [1.165, 1.54) is 58.5 Å². The van der Waals surface area contributed by atoms with Gasteiger partial charge in [-0.15, -0.1) is 0 Å². The van der Waals surface area contributed by atoms with E-state index in [1.807, 2.05) is 0 Å². The summed E-state index contributed by atoms with van der Waals surface area (Å²) in [5.41, 5.74) is 0. The van der Waals surface area contributed by atoms with E-state index in [2.05, 4.69) is 6.92 Å². The molecule has 0 N–H and O–H groups in total. The van der Waals surface area contributed by atoms with Crippen LogP contribution in [0.5, 0.6) is 0 Å². The van der Waals surface area contributed by atoms with Gasteiger partial charge in [0.15, 0.2) is 5.79 Å². The summed E-state index contributed by atoms with van der Waals surface area (Å²) in [5.74, 6) is 0.0709. The molecule has 4 heteroatoms. The molecule has 24 heavy (non-hydrogen) atoms. The Bertz CT molecular complexity index is 351. The Morgan fingerprint density at radius 2 is 1.58 bits per heavy atom. The SMILES string of the molecule is CCCCCCCCCC1COC2(CCC(C(=O)OC)CC2)OC1. The molecule has 0 aromatic heterocycles. The summed E-state index contributed by atoms with van der Waals surface area (Å²) in [6, 6.07) is 0. The Labute approximate surface area is 147 Å². The zero-order valence-electron chi connectivity index (χ0n) is 15.7. The van der Waals surface area contributed by atoms with Crippen molar-refractivity contribution in [2.45, 2.75) is 89.8 Å². The van der Waals surface area contributed by atoms with Crippen molar-refractivity contribution >= 4 is 5.97 Å². The summed E-state index contributed by atoms with van der Waals surface area (Å²) in [7, 11) is 1.47. The van der Waals surface area contributed by atoms with Crippen LogP contribution >= 0.6 is 0 Å². The van der Waals surface area contributed by atoms with Gasteiger partial charge in [0.25, 0.3) is 0 Å². The van der Waals surface area contributed by atoms with Crippen LogP contribution in [0.3, 0.4) is 0 Å². The molecular formula is C20H36O4. The van der Waals surface area contributed by atoms with E-state index in [1.54, 1.807) is 0 Å². The van der Waals surface area contributed by atoms with E-state index in [0.29, 0.717) is 5.92 Å². The van der Waals surface area contributed by atoms with Crippen LogP contribution in [0.25, 0.3) is 0 Å². The molecule has 4 nitrogen and oxygen atoms in total. The third-order valence-corrected chi connectivity index (χ3v) is 5.66. The molecular weight excluding hydrogens is 304 g/mol. The molecule has 0 amide bonds. The molecule has 140 valence electrons. The van der Waals surface area contributed by atoms with Gasteiger partial charge >= 0.3 is 5.97 Å². The van der Waals surface area contributed by atoms with Crippen LogP contribution in [0.2, 0.25) is 0 Å². The van der Waals surface area contributed by atoms with Crippen molar-refractivity contribution in [3.8, 4) is 0 Å². The summed E-state index contributed by atoms with van der Waals surface area (Å²) in [4.78, 5) is 11.6. The molecule has 2 rings (SSSR count). The second-order valence-corrected chi connectivity index (χ2v) is 7.61. The van der Waals surface area contributed by atoms with Gasteiger partial charge in [-0.2, -0.15) is 0 Å². The lowest BCUT2D eigenvalue weighted by Gasteiger charge is -2.43. The third kappa shape index (κ3) is 6.03. The highest BCUT2D eigenvalue weighted by Gasteiger charge is 2.42. The number of methoxy groups -OCH3 is 1. The molecule has 1 heterocycles. The first-order chi connectivity index (χ1) is 11.7. The Morgan fingerprint density at radius 3 is 2.17 bits per heavy atom. The molecule has 1 saturated carbocycles. The molecule has 2 fully saturated rings. The predicted octanol–water partition coefficient (Wildman–Crippen LogP) is 4.85. The largest absolute Gasteiger partial charge is 0.469 e. The van der Waals surface area contributed by atoms with E-state index >= 15 is 0 Å². The van der Waals surface area contributed by atoms with Gasteiger partial charge in [0.1, 0.15) is 0 Å². The molecule has 1 spiro atoms. The second kappa shape index (κ2) is 10.4. The predicted molar refractivity (Wildman–Crippen MR) is 94.7 cm³/mol. The zero-order chi connectivity index (χ0) is 17.3. The minimum atomic E-state index is -0.416. The number of hydrogen-bond donors (Lipinski definition) is 0. The molecule has 0 atom stereocenters. The monoisotopic (exact) mass is 340 g/mol. The van der Waals surface area contributed by atoms with E-state index < -0.39 is 5.79 Å². The molecule has 0 aromatic rings. The van der Waals surface area contributed by atoms with Crippen LogP contribution in [0.4, 0.5) is 0 Å². The Hall–Kier alpha value is -0.610. The fraction of sp³-hybridized carbons (Fsp3) is 0.950. The van der Waals surface area contributed by atoms with Crippen LogP contribution < -0.4 is 0 Å². The van der Waals surface area contributed by atoms with Crippen molar-refractivity contribution in [3.63, 3.8) is 0 Å². The summed E-state index contributed by atoms with van der Waals surface area (Å²) in [6.45, 7) is 3.90. The Morgan fingerprint density at radius 1 is 1.00 bits per heavy atom. The molecule has 0 unspecified atom stereocenters. The van der Waals surface area contributed by atoms with Crippen molar-refractivity contribution in [1.29, 1.82) is 0 Å². The lowest BCUT2D eigenvalue weighted by Crippen LogP contribution is -2.47. The topological polar surface area (TPSA) is 44.8 Å². The van der Waals surface area contributed by atoms with Crippen LogP contribution in [-0.2, 0) is 19.0 Å². The smallest absolute Gasteiger partial charge is 0.308 e. The number of carbonyl (C=O) groups is 1. The highest BCUT2D eigenvalue weighted by atomic mass is 16.7. The Kier molecular flexibility index (Phi) is 8.54. The van der Waals surface area contributed by atoms with Crippen LogP contribution in [0.15, 0.2) is 0 Å².